The Kier molecular flexibility index (Phi) is 21.7. The van der Waals surface area contributed by atoms with Crippen LogP contribution in [0, 0.1) is 5.92 Å². The molecule has 2 unspecified atom stereocenters. The van der Waals surface area contributed by atoms with Crippen LogP contribution in [0.2, 0.25) is 0 Å². The van der Waals surface area contributed by atoms with Gasteiger partial charge in [-0.3, -0.25) is 9.59 Å². The van der Waals surface area contributed by atoms with Crippen molar-refractivity contribution >= 4 is 18.0 Å². The highest BCUT2D eigenvalue weighted by atomic mass is 16.5. The van der Waals surface area contributed by atoms with Gasteiger partial charge in [0.15, 0.2) is 5.78 Å². The zero-order valence-electron chi connectivity index (χ0n) is 23.0. The summed E-state index contributed by atoms with van der Waals surface area (Å²) in [6.45, 7) is 10.8. The Morgan fingerprint density at radius 3 is 2.09 bits per heavy atom. The molecule has 0 aromatic rings. The third-order valence-corrected chi connectivity index (χ3v) is 6.28. The van der Waals surface area contributed by atoms with Gasteiger partial charge in [0, 0.05) is 19.3 Å². The number of ketones is 1. The minimum absolute atomic E-state index is 0.00908. The van der Waals surface area contributed by atoms with Crippen LogP contribution in [-0.2, 0) is 19.1 Å². The van der Waals surface area contributed by atoms with Crippen molar-refractivity contribution in [2.75, 3.05) is 6.61 Å². The first-order chi connectivity index (χ1) is 16.8. The van der Waals surface area contributed by atoms with E-state index in [1.54, 1.807) is 0 Å². The average Bonchev–Trinajstić information content (AvgIpc) is 2.81. The number of ether oxygens (including phenoxy) is 1. The number of hydrogen-bond donors (Lipinski definition) is 2. The zero-order chi connectivity index (χ0) is 26.3. The predicted octanol–water partition coefficient (Wildman–Crippen LogP) is 6.40. The number of carbonyl (C=O) groups is 3. The lowest BCUT2D eigenvalue weighted by Gasteiger charge is -2.20. The van der Waals surface area contributed by atoms with E-state index in [0.29, 0.717) is 44.0 Å². The van der Waals surface area contributed by atoms with Gasteiger partial charge in [-0.25, -0.2) is 0 Å². The lowest BCUT2D eigenvalue weighted by Crippen LogP contribution is -2.41. The fourth-order valence-electron chi connectivity index (χ4n) is 4.12. The molecule has 0 radical (unpaired) electrons. The monoisotopic (exact) mass is 494 g/mol. The van der Waals surface area contributed by atoms with Crippen LogP contribution in [-0.4, -0.2) is 36.7 Å². The Balaban J connectivity index is 4.01. The molecule has 35 heavy (non-hydrogen) atoms. The van der Waals surface area contributed by atoms with Crippen LogP contribution >= 0.6 is 0 Å². The molecule has 6 nitrogen and oxygen atoms in total. The third kappa shape index (κ3) is 20.2. The first-order valence-corrected chi connectivity index (χ1v) is 14.1. The highest BCUT2D eigenvalue weighted by Gasteiger charge is 2.21. The second-order valence-electron chi connectivity index (χ2n) is 10.3. The van der Waals surface area contributed by atoms with Crippen molar-refractivity contribution in [1.29, 1.82) is 0 Å². The molecule has 204 valence electrons. The van der Waals surface area contributed by atoms with Crippen LogP contribution < -0.4 is 11.1 Å². The molecule has 0 aromatic carbocycles. The molecule has 0 aliphatic rings. The molecule has 0 saturated heterocycles. The number of Topliss-reactive ketones (excluding diaryl/α,β-unsaturated/α-hetero) is 1. The van der Waals surface area contributed by atoms with E-state index in [0.717, 1.165) is 89.8 Å². The maximum atomic E-state index is 12.8. The Labute approximate surface area is 215 Å². The number of carbonyl (C=O) groups excluding carboxylic acids is 3. The minimum Gasteiger partial charge on any atom is -0.497 e. The minimum atomic E-state index is -0.363. The van der Waals surface area contributed by atoms with Crippen LogP contribution in [0.15, 0.2) is 12.3 Å². The van der Waals surface area contributed by atoms with Crippen molar-refractivity contribution in [3.63, 3.8) is 0 Å². The fraction of sp³-hybridized carbons (Fsp3) is 0.828. The maximum Gasteiger partial charge on any atom is 0.220 e. The molecule has 0 saturated carbocycles. The first kappa shape index (κ1) is 33.3. The van der Waals surface area contributed by atoms with E-state index in [9.17, 15) is 14.4 Å². The summed E-state index contributed by atoms with van der Waals surface area (Å²) in [5, 5.41) is 3.00. The van der Waals surface area contributed by atoms with E-state index in [4.69, 9.17) is 10.5 Å². The number of nitrogens with two attached hydrogens (primary N) is 1. The summed E-state index contributed by atoms with van der Waals surface area (Å²) in [6, 6.07) is -0.437. The highest BCUT2D eigenvalue weighted by Crippen LogP contribution is 2.14. The quantitative estimate of drug-likeness (QED) is 0.0868. The Morgan fingerprint density at radius 2 is 1.49 bits per heavy atom. The summed E-state index contributed by atoms with van der Waals surface area (Å²) < 4.78 is 5.64. The van der Waals surface area contributed by atoms with E-state index in [2.05, 4.69) is 32.7 Å². The van der Waals surface area contributed by atoms with Crippen molar-refractivity contribution in [2.24, 2.45) is 11.7 Å². The van der Waals surface area contributed by atoms with Crippen molar-refractivity contribution in [3.8, 4) is 0 Å². The van der Waals surface area contributed by atoms with Gasteiger partial charge in [0.05, 0.1) is 18.7 Å². The summed E-state index contributed by atoms with van der Waals surface area (Å²) >= 11 is 0. The number of hydrogen-bond acceptors (Lipinski definition) is 5. The molecule has 3 N–H and O–H groups in total. The van der Waals surface area contributed by atoms with Crippen LogP contribution in [0.1, 0.15) is 130 Å². The van der Waals surface area contributed by atoms with Crippen LogP contribution in [0.5, 0.6) is 0 Å². The fourth-order valence-corrected chi connectivity index (χ4v) is 4.12. The Bertz CT molecular complexity index is 577. The van der Waals surface area contributed by atoms with E-state index >= 15 is 0 Å². The summed E-state index contributed by atoms with van der Waals surface area (Å²) in [7, 11) is 0. The molecule has 0 heterocycles. The van der Waals surface area contributed by atoms with Gasteiger partial charge in [-0.05, 0) is 44.4 Å². The smallest absolute Gasteiger partial charge is 0.220 e. The number of unbranched alkanes of at least 4 members (excludes halogenated alkanes) is 10. The lowest BCUT2D eigenvalue weighted by atomic mass is 9.96. The summed E-state index contributed by atoms with van der Waals surface area (Å²) in [4.78, 5) is 35.5. The van der Waals surface area contributed by atoms with Gasteiger partial charge in [-0.1, -0.05) is 78.7 Å². The molecule has 6 heteroatoms. The molecule has 0 aliphatic carbocycles. The number of aldehydes is 1. The number of amides is 1. The molecule has 2 atom stereocenters. The van der Waals surface area contributed by atoms with Gasteiger partial charge >= 0.3 is 0 Å². The zero-order valence-corrected chi connectivity index (χ0v) is 23.0. The van der Waals surface area contributed by atoms with Crippen LogP contribution in [0.3, 0.4) is 0 Å². The van der Waals surface area contributed by atoms with Crippen molar-refractivity contribution in [1.82, 2.24) is 5.32 Å². The van der Waals surface area contributed by atoms with Crippen LogP contribution in [0.25, 0.3) is 0 Å². The second-order valence-corrected chi connectivity index (χ2v) is 10.3. The molecular weight excluding hydrogens is 440 g/mol. The molecule has 0 rings (SSSR count). The van der Waals surface area contributed by atoms with Gasteiger partial charge in [0.2, 0.25) is 5.91 Å². The van der Waals surface area contributed by atoms with E-state index in [1.165, 1.54) is 0 Å². The van der Waals surface area contributed by atoms with Crippen molar-refractivity contribution in [2.45, 2.75) is 142 Å². The Hall–Kier alpha value is -1.69. The molecule has 0 spiro atoms. The molecule has 0 aromatic heterocycles. The second kappa shape index (κ2) is 22.8. The topological polar surface area (TPSA) is 98.5 Å². The van der Waals surface area contributed by atoms with Gasteiger partial charge in [-0.15, -0.1) is 0 Å². The molecule has 0 bridgehead atoms. The molecule has 0 aliphatic heterocycles. The third-order valence-electron chi connectivity index (χ3n) is 6.28. The SMILES string of the molecule is C=C(OCCCCCCCC(=O)C(CC(C)C)NC(=O)CCCCCCCCC=O)C(N)CCC. The van der Waals surface area contributed by atoms with Gasteiger partial charge in [0.1, 0.15) is 12.0 Å². The number of nitrogens with one attached hydrogen (secondary N) is 1. The van der Waals surface area contributed by atoms with Crippen LogP contribution in [0.4, 0.5) is 0 Å². The maximum absolute atomic E-state index is 12.8. The van der Waals surface area contributed by atoms with E-state index in [1.807, 2.05) is 0 Å². The van der Waals surface area contributed by atoms with Gasteiger partial charge < -0.3 is 20.6 Å². The summed E-state index contributed by atoms with van der Waals surface area (Å²) in [6.07, 6.45) is 16.3. The highest BCUT2D eigenvalue weighted by molar-refractivity contribution is 5.89. The van der Waals surface area contributed by atoms with E-state index < -0.39 is 0 Å². The lowest BCUT2D eigenvalue weighted by molar-refractivity contribution is -0.128. The summed E-state index contributed by atoms with van der Waals surface area (Å²) in [5.41, 5.74) is 5.98. The van der Waals surface area contributed by atoms with Gasteiger partial charge in [0.25, 0.3) is 0 Å². The van der Waals surface area contributed by atoms with Gasteiger partial charge in [-0.2, -0.15) is 0 Å². The molecule has 1 amide bonds. The molecular formula is C29H54N2O4. The Morgan fingerprint density at radius 1 is 0.914 bits per heavy atom. The van der Waals surface area contributed by atoms with E-state index in [-0.39, 0.29) is 23.8 Å². The largest absolute Gasteiger partial charge is 0.497 e. The average molecular weight is 495 g/mol. The van der Waals surface area contributed by atoms with Crippen molar-refractivity contribution < 1.29 is 19.1 Å². The predicted molar refractivity (Wildman–Crippen MR) is 145 cm³/mol. The first-order valence-electron chi connectivity index (χ1n) is 14.1. The van der Waals surface area contributed by atoms with Crippen molar-refractivity contribution in [3.05, 3.63) is 12.3 Å². The number of rotatable bonds is 25. The standard InChI is InChI=1S/C29H54N2O4/c1-5-18-26(30)25(4)35-22-17-13-9-10-14-19-28(33)27(23-24(2)3)31-29(34)20-15-11-7-6-8-12-16-21-32/h21,24,26-27H,4-20,22-23,30H2,1-3H3,(H,31,34). The normalized spacial score (nSPS) is 12.8. The molecule has 0 fully saturated rings. The summed E-state index contributed by atoms with van der Waals surface area (Å²) in [5.74, 6) is 1.19.